The van der Waals surface area contributed by atoms with E-state index in [0.29, 0.717) is 22.4 Å². The van der Waals surface area contributed by atoms with Crippen molar-refractivity contribution >= 4 is 17.3 Å². The molecular formula is C12H9ClN4O. The molecule has 0 saturated heterocycles. The molecular weight excluding hydrogens is 252 g/mol. The van der Waals surface area contributed by atoms with Gasteiger partial charge in [-0.15, -0.1) is 0 Å². The van der Waals surface area contributed by atoms with E-state index in [4.69, 9.17) is 21.8 Å². The molecule has 6 heteroatoms. The zero-order chi connectivity index (χ0) is 12.5. The predicted octanol–water partition coefficient (Wildman–Crippen LogP) is 2.97. The molecule has 0 fully saturated rings. The monoisotopic (exact) mass is 260 g/mol. The highest BCUT2D eigenvalue weighted by Crippen LogP contribution is 2.26. The average molecular weight is 261 g/mol. The van der Waals surface area contributed by atoms with E-state index in [9.17, 15) is 0 Å². The van der Waals surface area contributed by atoms with Gasteiger partial charge in [-0.1, -0.05) is 11.6 Å². The van der Waals surface area contributed by atoms with Crippen LogP contribution in [0.15, 0.2) is 41.2 Å². The van der Waals surface area contributed by atoms with Crippen molar-refractivity contribution in [2.75, 3.05) is 5.73 Å². The molecule has 5 nitrogen and oxygen atoms in total. The maximum absolute atomic E-state index is 5.97. The summed E-state index contributed by atoms with van der Waals surface area (Å²) in [5, 5.41) is 7.47. The van der Waals surface area contributed by atoms with Crippen molar-refractivity contribution in [2.24, 2.45) is 0 Å². The van der Waals surface area contributed by atoms with Gasteiger partial charge in [0.15, 0.2) is 11.6 Å². The van der Waals surface area contributed by atoms with E-state index < -0.39 is 0 Å². The molecule has 1 aromatic carbocycles. The first-order valence-corrected chi connectivity index (χ1v) is 5.62. The highest BCUT2D eigenvalue weighted by Gasteiger charge is 2.09. The second kappa shape index (κ2) is 4.19. The number of anilines is 1. The second-order valence-corrected chi connectivity index (χ2v) is 4.16. The van der Waals surface area contributed by atoms with Crippen LogP contribution in [0.4, 0.5) is 5.69 Å². The van der Waals surface area contributed by atoms with Crippen molar-refractivity contribution in [1.29, 1.82) is 0 Å². The van der Waals surface area contributed by atoms with Crippen molar-refractivity contribution in [2.45, 2.75) is 0 Å². The lowest BCUT2D eigenvalue weighted by Gasteiger charge is -1.99. The Balaban J connectivity index is 2.00. The minimum atomic E-state index is 0.494. The Morgan fingerprint density at radius 3 is 2.83 bits per heavy atom. The molecule has 0 radical (unpaired) electrons. The Bertz CT molecular complexity index is 675. The number of aromatic nitrogens is 3. The number of nitrogens with one attached hydrogen (secondary N) is 1. The maximum atomic E-state index is 5.97. The van der Waals surface area contributed by atoms with Crippen molar-refractivity contribution in [3.05, 3.63) is 41.8 Å². The molecule has 0 saturated carbocycles. The lowest BCUT2D eigenvalue weighted by Crippen LogP contribution is -1.87. The van der Waals surface area contributed by atoms with Gasteiger partial charge in [0.25, 0.3) is 0 Å². The number of hydrogen-bond donors (Lipinski definition) is 2. The summed E-state index contributed by atoms with van der Waals surface area (Å²) in [5.74, 6) is 1.21. The lowest BCUT2D eigenvalue weighted by molar-refractivity contribution is 0.568. The van der Waals surface area contributed by atoms with Gasteiger partial charge in [0, 0.05) is 5.56 Å². The zero-order valence-corrected chi connectivity index (χ0v) is 9.98. The molecule has 18 heavy (non-hydrogen) atoms. The first-order chi connectivity index (χ1) is 8.74. The Morgan fingerprint density at radius 1 is 1.22 bits per heavy atom. The number of nitrogens with zero attached hydrogens (tertiary/aromatic N) is 2. The van der Waals surface area contributed by atoms with Crippen LogP contribution in [0, 0.1) is 0 Å². The number of benzene rings is 1. The van der Waals surface area contributed by atoms with Crippen LogP contribution in [-0.4, -0.2) is 15.2 Å². The van der Waals surface area contributed by atoms with E-state index in [-0.39, 0.29) is 0 Å². The fourth-order valence-corrected chi connectivity index (χ4v) is 1.77. The van der Waals surface area contributed by atoms with Gasteiger partial charge in [-0.05, 0) is 24.3 Å². The standard InChI is InChI=1S/C12H9ClN4O/c13-9-5-7(1-2-10(9)14)11-15-12(17-16-11)8-3-4-18-6-8/h1-6H,14H2,(H,15,16,17). The molecule has 0 aliphatic rings. The molecule has 3 N–H and O–H groups in total. The summed E-state index contributed by atoms with van der Waals surface area (Å²) in [6.45, 7) is 0. The SMILES string of the molecule is Nc1ccc(-c2nc(-c3ccoc3)n[nH]2)cc1Cl. The van der Waals surface area contributed by atoms with Gasteiger partial charge in [0.2, 0.25) is 0 Å². The first-order valence-electron chi connectivity index (χ1n) is 5.24. The van der Waals surface area contributed by atoms with Crippen LogP contribution >= 0.6 is 11.6 Å². The van der Waals surface area contributed by atoms with Gasteiger partial charge < -0.3 is 10.2 Å². The summed E-state index contributed by atoms with van der Waals surface area (Å²) in [5.41, 5.74) is 7.84. The molecule has 3 rings (SSSR count). The largest absolute Gasteiger partial charge is 0.472 e. The third-order valence-corrected chi connectivity index (χ3v) is 2.87. The van der Waals surface area contributed by atoms with Crippen molar-refractivity contribution in [3.8, 4) is 22.8 Å². The smallest absolute Gasteiger partial charge is 0.184 e. The maximum Gasteiger partial charge on any atom is 0.184 e. The average Bonchev–Trinajstić information content (AvgIpc) is 3.01. The van der Waals surface area contributed by atoms with Gasteiger partial charge in [-0.2, -0.15) is 5.10 Å². The van der Waals surface area contributed by atoms with Crippen molar-refractivity contribution in [1.82, 2.24) is 15.2 Å². The fraction of sp³-hybridized carbons (Fsp3) is 0. The molecule has 0 unspecified atom stereocenters. The third kappa shape index (κ3) is 1.84. The molecule has 0 aliphatic carbocycles. The second-order valence-electron chi connectivity index (χ2n) is 3.76. The summed E-state index contributed by atoms with van der Waals surface area (Å²) in [4.78, 5) is 4.37. The summed E-state index contributed by atoms with van der Waals surface area (Å²) in [6, 6.07) is 7.11. The number of rotatable bonds is 2. The molecule has 0 bridgehead atoms. The number of H-pyrrole nitrogens is 1. The van der Waals surface area contributed by atoms with E-state index in [0.717, 1.165) is 11.1 Å². The number of hydrogen-bond acceptors (Lipinski definition) is 4. The third-order valence-electron chi connectivity index (χ3n) is 2.54. The molecule has 0 amide bonds. The summed E-state index contributed by atoms with van der Waals surface area (Å²) in [6.07, 6.45) is 3.16. The van der Waals surface area contributed by atoms with Crippen molar-refractivity contribution in [3.63, 3.8) is 0 Å². The summed E-state index contributed by atoms with van der Waals surface area (Å²) < 4.78 is 4.99. The number of halogens is 1. The van der Waals surface area contributed by atoms with E-state index >= 15 is 0 Å². The van der Waals surface area contributed by atoms with Gasteiger partial charge >= 0.3 is 0 Å². The van der Waals surface area contributed by atoms with Gasteiger partial charge in [0.1, 0.15) is 6.26 Å². The molecule has 3 aromatic rings. The van der Waals surface area contributed by atoms with E-state index in [1.807, 2.05) is 6.07 Å². The zero-order valence-electron chi connectivity index (χ0n) is 9.22. The Kier molecular flexibility index (Phi) is 2.53. The van der Waals surface area contributed by atoms with Crippen LogP contribution in [-0.2, 0) is 0 Å². The molecule has 2 heterocycles. The van der Waals surface area contributed by atoms with E-state index in [1.54, 1.807) is 30.7 Å². The lowest BCUT2D eigenvalue weighted by atomic mass is 10.2. The number of nitrogen functional groups attached to an aromatic ring is 1. The van der Waals surface area contributed by atoms with Crippen LogP contribution in [0.3, 0.4) is 0 Å². The summed E-state index contributed by atoms with van der Waals surface area (Å²) >= 11 is 5.97. The van der Waals surface area contributed by atoms with Gasteiger partial charge in [-0.3, -0.25) is 5.10 Å². The number of aromatic amines is 1. The molecule has 2 aromatic heterocycles. The molecule has 90 valence electrons. The van der Waals surface area contributed by atoms with Crippen LogP contribution in [0.1, 0.15) is 0 Å². The fourth-order valence-electron chi connectivity index (χ4n) is 1.59. The highest BCUT2D eigenvalue weighted by atomic mass is 35.5. The predicted molar refractivity (Wildman–Crippen MR) is 68.9 cm³/mol. The van der Waals surface area contributed by atoms with Crippen molar-refractivity contribution < 1.29 is 4.42 Å². The van der Waals surface area contributed by atoms with Crippen LogP contribution in [0.2, 0.25) is 5.02 Å². The van der Waals surface area contributed by atoms with Crippen LogP contribution in [0.5, 0.6) is 0 Å². The Labute approximate surface area is 108 Å². The topological polar surface area (TPSA) is 80.7 Å². The number of nitrogens with two attached hydrogens (primary N) is 1. The van der Waals surface area contributed by atoms with Gasteiger partial charge in [-0.25, -0.2) is 4.98 Å². The quantitative estimate of drug-likeness (QED) is 0.694. The first kappa shape index (κ1) is 10.9. The molecule has 0 aliphatic heterocycles. The molecule has 0 spiro atoms. The van der Waals surface area contributed by atoms with Gasteiger partial charge in [0.05, 0.1) is 22.5 Å². The Hall–Kier alpha value is -2.27. The highest BCUT2D eigenvalue weighted by molar-refractivity contribution is 6.33. The molecule has 0 atom stereocenters. The normalized spacial score (nSPS) is 10.7. The Morgan fingerprint density at radius 2 is 2.11 bits per heavy atom. The van der Waals surface area contributed by atoms with Crippen LogP contribution in [0.25, 0.3) is 22.8 Å². The summed E-state index contributed by atoms with van der Waals surface area (Å²) in [7, 11) is 0. The number of furan rings is 1. The minimum absolute atomic E-state index is 0.494. The minimum Gasteiger partial charge on any atom is -0.472 e. The van der Waals surface area contributed by atoms with Crippen LogP contribution < -0.4 is 5.73 Å². The van der Waals surface area contributed by atoms with E-state index in [1.165, 1.54) is 0 Å². The van der Waals surface area contributed by atoms with E-state index in [2.05, 4.69) is 15.2 Å².